The van der Waals surface area contributed by atoms with Gasteiger partial charge in [-0.2, -0.15) is 0 Å². The zero-order chi connectivity index (χ0) is 13.0. The van der Waals surface area contributed by atoms with Crippen molar-refractivity contribution in [1.82, 2.24) is 5.32 Å². The molecule has 1 aliphatic rings. The molecule has 1 fully saturated rings. The van der Waals surface area contributed by atoms with Crippen LogP contribution < -0.4 is 5.32 Å². The van der Waals surface area contributed by atoms with Crippen molar-refractivity contribution < 1.29 is 13.9 Å². The summed E-state index contributed by atoms with van der Waals surface area (Å²) in [6.07, 6.45) is 4.14. The summed E-state index contributed by atoms with van der Waals surface area (Å²) in [5.41, 5.74) is 0.914. The largest absolute Gasteiger partial charge is 0.465 e. The van der Waals surface area contributed by atoms with E-state index in [0.717, 1.165) is 13.0 Å². The second kappa shape index (κ2) is 5.96. The van der Waals surface area contributed by atoms with E-state index in [4.69, 9.17) is 0 Å². The number of piperidine rings is 1. The molecule has 0 amide bonds. The molecule has 3 nitrogen and oxygen atoms in total. The maximum Gasteiger partial charge on any atom is 0.337 e. The van der Waals surface area contributed by atoms with Gasteiger partial charge in [0.05, 0.1) is 12.7 Å². The van der Waals surface area contributed by atoms with Crippen molar-refractivity contribution in [3.8, 4) is 0 Å². The first-order chi connectivity index (χ1) is 8.70. The number of nitrogens with one attached hydrogen (secondary N) is 1. The van der Waals surface area contributed by atoms with Crippen LogP contribution in [0, 0.1) is 5.82 Å². The highest BCUT2D eigenvalue weighted by Crippen LogP contribution is 2.17. The van der Waals surface area contributed by atoms with Gasteiger partial charge in [-0.25, -0.2) is 9.18 Å². The third kappa shape index (κ3) is 3.07. The second-order valence-corrected chi connectivity index (χ2v) is 4.65. The lowest BCUT2D eigenvalue weighted by Gasteiger charge is -2.23. The van der Waals surface area contributed by atoms with Gasteiger partial charge in [-0.3, -0.25) is 0 Å². The molecule has 0 aliphatic carbocycles. The van der Waals surface area contributed by atoms with E-state index in [2.05, 4.69) is 10.1 Å². The number of ether oxygens (including phenoxy) is 1. The zero-order valence-corrected chi connectivity index (χ0v) is 10.5. The summed E-state index contributed by atoms with van der Waals surface area (Å²) in [5, 5.41) is 3.39. The van der Waals surface area contributed by atoms with Gasteiger partial charge >= 0.3 is 5.97 Å². The van der Waals surface area contributed by atoms with Crippen molar-refractivity contribution >= 4 is 5.97 Å². The van der Waals surface area contributed by atoms with Gasteiger partial charge in [0.2, 0.25) is 0 Å². The van der Waals surface area contributed by atoms with Crippen molar-refractivity contribution in [2.45, 2.75) is 31.7 Å². The lowest BCUT2D eigenvalue weighted by atomic mass is 9.97. The van der Waals surface area contributed by atoms with Gasteiger partial charge in [0.15, 0.2) is 0 Å². The van der Waals surface area contributed by atoms with E-state index in [1.165, 1.54) is 26.0 Å². The molecule has 0 radical (unpaired) electrons. The average molecular weight is 251 g/mol. The Kier molecular flexibility index (Phi) is 4.31. The first kappa shape index (κ1) is 13.0. The minimum absolute atomic E-state index is 0.260. The van der Waals surface area contributed by atoms with E-state index in [1.54, 1.807) is 12.1 Å². The fraction of sp³-hybridized carbons (Fsp3) is 0.500. The van der Waals surface area contributed by atoms with E-state index >= 15 is 0 Å². The van der Waals surface area contributed by atoms with Crippen LogP contribution in [0.25, 0.3) is 0 Å². The van der Waals surface area contributed by atoms with E-state index in [9.17, 15) is 9.18 Å². The van der Waals surface area contributed by atoms with Crippen LogP contribution in [0.1, 0.15) is 35.2 Å². The summed E-state index contributed by atoms with van der Waals surface area (Å²) < 4.78 is 18.4. The molecule has 4 heteroatoms. The Morgan fingerprint density at radius 2 is 2.33 bits per heavy atom. The molecular weight excluding hydrogens is 233 g/mol. The SMILES string of the molecule is COC(=O)c1ccc(CC2CCCCN2)c(F)c1. The smallest absolute Gasteiger partial charge is 0.337 e. The van der Waals surface area contributed by atoms with Gasteiger partial charge < -0.3 is 10.1 Å². The van der Waals surface area contributed by atoms with Crippen LogP contribution in [0.4, 0.5) is 4.39 Å². The molecule has 1 aromatic carbocycles. The van der Waals surface area contributed by atoms with E-state index < -0.39 is 5.97 Å². The molecule has 0 bridgehead atoms. The van der Waals surface area contributed by atoms with Crippen molar-refractivity contribution in [1.29, 1.82) is 0 Å². The number of carbonyl (C=O) groups is 1. The number of hydrogen-bond donors (Lipinski definition) is 1. The van der Waals surface area contributed by atoms with E-state index in [0.29, 0.717) is 18.0 Å². The Bertz CT molecular complexity index is 428. The van der Waals surface area contributed by atoms with Gasteiger partial charge in [0.1, 0.15) is 5.82 Å². The molecule has 1 heterocycles. The van der Waals surface area contributed by atoms with Gasteiger partial charge in [-0.1, -0.05) is 12.5 Å². The molecule has 1 unspecified atom stereocenters. The molecule has 0 saturated carbocycles. The van der Waals surface area contributed by atoms with Crippen LogP contribution in [-0.4, -0.2) is 25.7 Å². The van der Waals surface area contributed by atoms with Gasteiger partial charge in [-0.05, 0) is 43.5 Å². The molecule has 18 heavy (non-hydrogen) atoms. The van der Waals surface area contributed by atoms with Crippen LogP contribution in [0.3, 0.4) is 0 Å². The minimum atomic E-state index is -0.503. The number of benzene rings is 1. The van der Waals surface area contributed by atoms with Crippen LogP contribution in [0.5, 0.6) is 0 Å². The second-order valence-electron chi connectivity index (χ2n) is 4.65. The monoisotopic (exact) mass is 251 g/mol. The Labute approximate surface area is 106 Å². The molecule has 0 spiro atoms. The Hall–Kier alpha value is -1.42. The van der Waals surface area contributed by atoms with Crippen molar-refractivity contribution in [3.05, 3.63) is 35.1 Å². The van der Waals surface area contributed by atoms with Crippen molar-refractivity contribution in [2.24, 2.45) is 0 Å². The molecule has 1 saturated heterocycles. The standard InChI is InChI=1S/C14H18FNO2/c1-18-14(17)11-6-5-10(13(15)9-11)8-12-4-2-3-7-16-12/h5-6,9,12,16H,2-4,7-8H2,1H3. The topological polar surface area (TPSA) is 38.3 Å². The minimum Gasteiger partial charge on any atom is -0.465 e. The molecule has 2 rings (SSSR count). The lowest BCUT2D eigenvalue weighted by Crippen LogP contribution is -2.35. The quantitative estimate of drug-likeness (QED) is 0.838. The third-order valence-electron chi connectivity index (χ3n) is 3.35. The summed E-state index contributed by atoms with van der Waals surface area (Å²) in [7, 11) is 1.29. The highest BCUT2D eigenvalue weighted by molar-refractivity contribution is 5.89. The van der Waals surface area contributed by atoms with Crippen LogP contribution in [0.2, 0.25) is 0 Å². The molecule has 1 aromatic rings. The van der Waals surface area contributed by atoms with Crippen molar-refractivity contribution in [3.63, 3.8) is 0 Å². The number of rotatable bonds is 3. The first-order valence-corrected chi connectivity index (χ1v) is 6.31. The summed E-state index contributed by atoms with van der Waals surface area (Å²) in [6.45, 7) is 1.01. The molecule has 0 aromatic heterocycles. The number of esters is 1. The lowest BCUT2D eigenvalue weighted by molar-refractivity contribution is 0.0600. The third-order valence-corrected chi connectivity index (χ3v) is 3.35. The predicted octanol–water partition coefficient (Wildman–Crippen LogP) is 2.30. The Morgan fingerprint density at radius 3 is 2.94 bits per heavy atom. The Morgan fingerprint density at radius 1 is 1.50 bits per heavy atom. The van der Waals surface area contributed by atoms with Gasteiger partial charge in [0, 0.05) is 6.04 Å². The van der Waals surface area contributed by atoms with Crippen LogP contribution >= 0.6 is 0 Å². The number of carbonyl (C=O) groups excluding carboxylic acids is 1. The summed E-state index contributed by atoms with van der Waals surface area (Å²) in [6, 6.07) is 4.90. The fourth-order valence-corrected chi connectivity index (χ4v) is 2.32. The van der Waals surface area contributed by atoms with Gasteiger partial charge in [0.25, 0.3) is 0 Å². The van der Waals surface area contributed by atoms with E-state index in [1.807, 2.05) is 0 Å². The number of hydrogen-bond acceptors (Lipinski definition) is 3. The highest BCUT2D eigenvalue weighted by atomic mass is 19.1. The molecule has 1 N–H and O–H groups in total. The van der Waals surface area contributed by atoms with Crippen molar-refractivity contribution in [2.75, 3.05) is 13.7 Å². The fourth-order valence-electron chi connectivity index (χ4n) is 2.32. The maximum absolute atomic E-state index is 13.9. The summed E-state index contributed by atoms with van der Waals surface area (Å²) in [4.78, 5) is 11.3. The van der Waals surface area contributed by atoms with Crippen LogP contribution in [0.15, 0.2) is 18.2 Å². The molecule has 98 valence electrons. The van der Waals surface area contributed by atoms with Crippen LogP contribution in [-0.2, 0) is 11.2 Å². The zero-order valence-electron chi connectivity index (χ0n) is 10.5. The highest BCUT2D eigenvalue weighted by Gasteiger charge is 2.16. The maximum atomic E-state index is 13.9. The van der Waals surface area contributed by atoms with Gasteiger partial charge in [-0.15, -0.1) is 0 Å². The molecular formula is C14H18FNO2. The number of halogens is 1. The summed E-state index contributed by atoms with van der Waals surface area (Å²) >= 11 is 0. The normalized spacial score (nSPS) is 19.6. The first-order valence-electron chi connectivity index (χ1n) is 6.31. The number of methoxy groups -OCH3 is 1. The molecule has 1 atom stereocenters. The Balaban J connectivity index is 2.07. The average Bonchev–Trinajstić information content (AvgIpc) is 2.41. The molecule has 1 aliphatic heterocycles. The summed E-state index contributed by atoms with van der Waals surface area (Å²) in [5.74, 6) is -0.832. The predicted molar refractivity (Wildman–Crippen MR) is 67.1 cm³/mol. The van der Waals surface area contributed by atoms with E-state index in [-0.39, 0.29) is 11.4 Å².